The molecule has 1 fully saturated rings. The fourth-order valence-electron chi connectivity index (χ4n) is 6.09. The summed E-state index contributed by atoms with van der Waals surface area (Å²) in [5.74, 6) is -0.713. The molecule has 1 aliphatic rings. The minimum atomic E-state index is -0.460. The van der Waals surface area contributed by atoms with Crippen LogP contribution in [0, 0.1) is 12.7 Å². The van der Waals surface area contributed by atoms with Crippen LogP contribution in [-0.4, -0.2) is 54.9 Å². The van der Waals surface area contributed by atoms with E-state index in [0.29, 0.717) is 55.0 Å². The van der Waals surface area contributed by atoms with Gasteiger partial charge in [0.25, 0.3) is 5.56 Å². The number of likely N-dealkylation sites (tertiary alicyclic amines) is 1. The number of para-hydroxylation sites is 1. The number of rotatable bonds is 8. The van der Waals surface area contributed by atoms with E-state index in [2.05, 4.69) is 20.2 Å². The molecule has 5 aromatic rings. The average molecular weight is 615 g/mol. The highest BCUT2D eigenvalue weighted by molar-refractivity contribution is 6.35. The van der Waals surface area contributed by atoms with Crippen LogP contribution in [0.15, 0.2) is 65.8 Å². The second-order valence-electron chi connectivity index (χ2n) is 11.3. The van der Waals surface area contributed by atoms with Crippen LogP contribution in [0.5, 0.6) is 0 Å². The van der Waals surface area contributed by atoms with Crippen LogP contribution in [0.2, 0.25) is 5.02 Å². The van der Waals surface area contributed by atoms with Crippen molar-refractivity contribution in [1.82, 2.24) is 30.0 Å². The number of piperidine rings is 1. The van der Waals surface area contributed by atoms with E-state index in [0.717, 1.165) is 27.6 Å². The van der Waals surface area contributed by atoms with Crippen molar-refractivity contribution in [2.24, 2.45) is 0 Å². The molecule has 3 aromatic heterocycles. The number of nitrogens with one attached hydrogen (secondary N) is 2. The third-order valence-electron chi connectivity index (χ3n) is 8.54. The molecule has 9 nitrogen and oxygen atoms in total. The van der Waals surface area contributed by atoms with Gasteiger partial charge in [-0.25, -0.2) is 4.39 Å². The van der Waals surface area contributed by atoms with Crippen molar-refractivity contribution in [3.63, 3.8) is 0 Å². The number of fused-ring (bicyclic) bond motifs is 2. The van der Waals surface area contributed by atoms with E-state index in [1.165, 1.54) is 6.07 Å². The molecule has 0 aliphatic carbocycles. The molecule has 0 atom stereocenters. The summed E-state index contributed by atoms with van der Waals surface area (Å²) in [6.07, 6.45) is 6.50. The highest BCUT2D eigenvalue weighted by Crippen LogP contribution is 2.30. The first-order chi connectivity index (χ1) is 21.3. The van der Waals surface area contributed by atoms with E-state index in [9.17, 15) is 18.8 Å². The van der Waals surface area contributed by atoms with Crippen molar-refractivity contribution < 1.29 is 14.0 Å². The SMILES string of the molecule is Cc1cc(Cl)c2[nH]ncc2c1CN(Cc1ccncc1)C(=O)CCC(=O)N1CCC(c2cc3cccc(F)c3[nH]c2=O)CC1. The Balaban J connectivity index is 1.11. The first-order valence-electron chi connectivity index (χ1n) is 14.7. The van der Waals surface area contributed by atoms with Gasteiger partial charge in [0.15, 0.2) is 0 Å². The van der Waals surface area contributed by atoms with Gasteiger partial charge in [-0.1, -0.05) is 23.7 Å². The molecule has 0 radical (unpaired) electrons. The average Bonchev–Trinajstić information content (AvgIpc) is 3.53. The number of hydrogen-bond acceptors (Lipinski definition) is 5. The summed E-state index contributed by atoms with van der Waals surface area (Å²) in [5, 5.41) is 9.16. The Labute approximate surface area is 258 Å². The number of halogens is 2. The number of pyridine rings is 2. The van der Waals surface area contributed by atoms with Gasteiger partial charge in [0.2, 0.25) is 11.8 Å². The molecule has 1 aliphatic heterocycles. The van der Waals surface area contributed by atoms with E-state index < -0.39 is 5.82 Å². The summed E-state index contributed by atoms with van der Waals surface area (Å²) >= 11 is 6.41. The monoisotopic (exact) mass is 614 g/mol. The number of carbonyl (C=O) groups is 2. The summed E-state index contributed by atoms with van der Waals surface area (Å²) < 4.78 is 14.1. The predicted octanol–water partition coefficient (Wildman–Crippen LogP) is 5.62. The number of H-pyrrole nitrogens is 2. The van der Waals surface area contributed by atoms with Gasteiger partial charge in [-0.2, -0.15) is 5.10 Å². The van der Waals surface area contributed by atoms with Gasteiger partial charge in [-0.15, -0.1) is 0 Å². The molecule has 0 saturated carbocycles. The van der Waals surface area contributed by atoms with Crippen molar-refractivity contribution in [1.29, 1.82) is 0 Å². The summed E-state index contributed by atoms with van der Waals surface area (Å²) in [6.45, 7) is 3.64. The van der Waals surface area contributed by atoms with Gasteiger partial charge in [0.05, 0.1) is 22.3 Å². The molecule has 2 amide bonds. The molecule has 4 heterocycles. The summed E-state index contributed by atoms with van der Waals surface area (Å²) in [4.78, 5) is 49.9. The van der Waals surface area contributed by atoms with E-state index in [1.54, 1.807) is 46.6 Å². The number of benzene rings is 2. The fraction of sp³-hybridized carbons (Fsp3) is 0.303. The lowest BCUT2D eigenvalue weighted by Crippen LogP contribution is -2.39. The zero-order valence-electron chi connectivity index (χ0n) is 24.3. The molecule has 0 bridgehead atoms. The second kappa shape index (κ2) is 12.6. The molecule has 226 valence electrons. The van der Waals surface area contributed by atoms with Crippen LogP contribution >= 0.6 is 11.6 Å². The Morgan fingerprint density at radius 3 is 2.61 bits per heavy atom. The van der Waals surface area contributed by atoms with Crippen molar-refractivity contribution in [2.45, 2.75) is 51.6 Å². The lowest BCUT2D eigenvalue weighted by atomic mass is 9.89. The number of hydrogen-bond donors (Lipinski definition) is 2. The van der Waals surface area contributed by atoms with Gasteiger partial charge in [0.1, 0.15) is 5.82 Å². The normalized spacial score (nSPS) is 13.9. The number of aromatic nitrogens is 4. The fourth-order valence-corrected chi connectivity index (χ4v) is 6.39. The maximum absolute atomic E-state index is 14.1. The Morgan fingerprint density at radius 2 is 1.84 bits per heavy atom. The van der Waals surface area contributed by atoms with Crippen molar-refractivity contribution in [2.75, 3.05) is 13.1 Å². The number of aryl methyl sites for hydroxylation is 1. The van der Waals surface area contributed by atoms with Gasteiger partial charge in [-0.3, -0.25) is 24.5 Å². The van der Waals surface area contributed by atoms with Gasteiger partial charge < -0.3 is 14.8 Å². The quantitative estimate of drug-likeness (QED) is 0.236. The van der Waals surface area contributed by atoms with Crippen LogP contribution in [0.3, 0.4) is 0 Å². The molecule has 6 rings (SSSR count). The summed E-state index contributed by atoms with van der Waals surface area (Å²) in [5.41, 5.74) is 4.07. The van der Waals surface area contributed by atoms with Gasteiger partial charge in [0, 0.05) is 67.8 Å². The standard InChI is InChI=1S/C33H32ClFN6O3/c1-20-15-27(34)32-25(17-37-39-32)26(20)19-41(18-21-7-11-36-12-8-21)30(43)6-5-29(42)40-13-9-22(10-14-40)24-16-23-3-2-4-28(35)31(23)38-33(24)44/h2-4,7-8,11-12,15-17,22H,5-6,9-10,13-14,18-19H2,1H3,(H,37,39)(H,38,44). The molecule has 1 saturated heterocycles. The largest absolute Gasteiger partial charge is 0.343 e. The Morgan fingerprint density at radius 1 is 1.07 bits per heavy atom. The van der Waals surface area contributed by atoms with Crippen LogP contribution in [0.4, 0.5) is 4.39 Å². The van der Waals surface area contributed by atoms with Crippen LogP contribution in [0.25, 0.3) is 21.8 Å². The minimum Gasteiger partial charge on any atom is -0.343 e. The Bertz CT molecular complexity index is 1900. The maximum Gasteiger partial charge on any atom is 0.251 e. The molecule has 11 heteroatoms. The predicted molar refractivity (Wildman–Crippen MR) is 167 cm³/mol. The van der Waals surface area contributed by atoms with Crippen LogP contribution in [-0.2, 0) is 22.7 Å². The van der Waals surface area contributed by atoms with E-state index >= 15 is 0 Å². The van der Waals surface area contributed by atoms with E-state index in [4.69, 9.17) is 11.6 Å². The highest BCUT2D eigenvalue weighted by atomic mass is 35.5. The molecular weight excluding hydrogens is 583 g/mol. The molecule has 2 aromatic carbocycles. The third kappa shape index (κ3) is 6.07. The summed E-state index contributed by atoms with van der Waals surface area (Å²) in [6, 6.07) is 12.1. The van der Waals surface area contributed by atoms with E-state index in [1.807, 2.05) is 25.1 Å². The maximum atomic E-state index is 14.1. The zero-order chi connectivity index (χ0) is 30.8. The number of nitrogens with zero attached hydrogens (tertiary/aromatic N) is 4. The first kappa shape index (κ1) is 29.5. The number of amides is 2. The van der Waals surface area contributed by atoms with Crippen molar-refractivity contribution in [3.8, 4) is 0 Å². The highest BCUT2D eigenvalue weighted by Gasteiger charge is 2.27. The van der Waals surface area contributed by atoms with E-state index in [-0.39, 0.29) is 41.6 Å². The van der Waals surface area contributed by atoms with Crippen LogP contribution in [0.1, 0.15) is 53.9 Å². The van der Waals surface area contributed by atoms with Gasteiger partial charge in [-0.05, 0) is 72.7 Å². The second-order valence-corrected chi connectivity index (χ2v) is 11.7. The minimum absolute atomic E-state index is 0.0321. The lowest BCUT2D eigenvalue weighted by Gasteiger charge is -2.32. The number of carbonyl (C=O) groups excluding carboxylic acids is 2. The Hall–Kier alpha value is -4.57. The molecule has 0 spiro atoms. The van der Waals surface area contributed by atoms with Gasteiger partial charge >= 0.3 is 0 Å². The van der Waals surface area contributed by atoms with Crippen molar-refractivity contribution in [3.05, 3.63) is 105 Å². The molecule has 44 heavy (non-hydrogen) atoms. The van der Waals surface area contributed by atoms with Crippen molar-refractivity contribution >= 4 is 45.2 Å². The molecular formula is C33H32ClFN6O3. The molecule has 2 N–H and O–H groups in total. The molecule has 0 unspecified atom stereocenters. The topological polar surface area (TPSA) is 115 Å². The van der Waals surface area contributed by atoms with Crippen LogP contribution < -0.4 is 5.56 Å². The Kier molecular flexibility index (Phi) is 8.43. The first-order valence-corrected chi connectivity index (χ1v) is 15.0. The number of aromatic amines is 2. The lowest BCUT2D eigenvalue weighted by molar-refractivity contribution is -0.138. The summed E-state index contributed by atoms with van der Waals surface area (Å²) in [7, 11) is 0. The smallest absolute Gasteiger partial charge is 0.251 e. The zero-order valence-corrected chi connectivity index (χ0v) is 25.0. The third-order valence-corrected chi connectivity index (χ3v) is 8.84.